The highest BCUT2D eigenvalue weighted by molar-refractivity contribution is 6.21. The summed E-state index contributed by atoms with van der Waals surface area (Å²) in [5.74, 6) is -0.0492. The van der Waals surface area contributed by atoms with Gasteiger partial charge in [-0.2, -0.15) is 0 Å². The molecular weight excluding hydrogens is 404 g/mol. The van der Waals surface area contributed by atoms with Gasteiger partial charge in [0.1, 0.15) is 17.9 Å². The fraction of sp³-hybridized carbons (Fsp3) is 0.650. The predicted molar refractivity (Wildman–Crippen MR) is 109 cm³/mol. The molecule has 168 valence electrons. The highest BCUT2D eigenvalue weighted by Gasteiger charge is 2.54. The summed E-state index contributed by atoms with van der Waals surface area (Å²) >= 11 is 0. The van der Waals surface area contributed by atoms with Crippen LogP contribution in [-0.2, 0) is 25.6 Å². The van der Waals surface area contributed by atoms with Gasteiger partial charge in [0, 0.05) is 26.7 Å². The van der Waals surface area contributed by atoms with Crippen LogP contribution < -0.4 is 4.57 Å². The smallest absolute Gasteiger partial charge is 0.402 e. The third kappa shape index (κ3) is 3.61. The number of rotatable bonds is 6. The summed E-state index contributed by atoms with van der Waals surface area (Å²) in [5, 5.41) is 0. The van der Waals surface area contributed by atoms with Gasteiger partial charge in [-0.1, -0.05) is 4.99 Å². The summed E-state index contributed by atoms with van der Waals surface area (Å²) in [7, 11) is 1.57. The first-order valence-electron chi connectivity index (χ1n) is 10.6. The lowest BCUT2D eigenvalue weighted by Gasteiger charge is -2.32. The highest BCUT2D eigenvalue weighted by atomic mass is 16.5. The fourth-order valence-corrected chi connectivity index (χ4v) is 4.32. The maximum absolute atomic E-state index is 13.3. The molecule has 31 heavy (non-hydrogen) atoms. The average Bonchev–Trinajstić information content (AvgIpc) is 3.25. The summed E-state index contributed by atoms with van der Waals surface area (Å²) < 4.78 is 14.3. The van der Waals surface area contributed by atoms with Crippen molar-refractivity contribution in [3.63, 3.8) is 0 Å². The maximum atomic E-state index is 13.3. The number of fused-ring (bicyclic) bond motifs is 3. The van der Waals surface area contributed by atoms with E-state index in [1.54, 1.807) is 14.0 Å². The molecule has 1 unspecified atom stereocenters. The molecule has 0 radical (unpaired) electrons. The molecule has 0 bridgehead atoms. The van der Waals surface area contributed by atoms with Crippen molar-refractivity contribution >= 4 is 29.7 Å². The number of carbonyl (C=O) groups excluding carboxylic acids is 3. The number of ether oxygens (including phenoxy) is 2. The van der Waals surface area contributed by atoms with Gasteiger partial charge in [0.25, 0.3) is 5.91 Å². The minimum absolute atomic E-state index is 0.185. The number of esters is 1. The molecule has 1 aromatic rings. The topological polar surface area (TPSA) is 101 Å². The van der Waals surface area contributed by atoms with Gasteiger partial charge in [-0.15, -0.1) is 0 Å². The second kappa shape index (κ2) is 8.39. The number of nitrogens with zero attached hydrogens (tertiary/aromatic N) is 6. The first kappa shape index (κ1) is 21.4. The van der Waals surface area contributed by atoms with Gasteiger partial charge in [0.15, 0.2) is 0 Å². The van der Waals surface area contributed by atoms with E-state index in [2.05, 4.69) is 9.47 Å². The number of imide groups is 1. The Balaban J connectivity index is 1.63. The van der Waals surface area contributed by atoms with Gasteiger partial charge in [-0.05, 0) is 20.8 Å². The minimum atomic E-state index is -0.768. The predicted octanol–water partition coefficient (Wildman–Crippen LogP) is -0.234. The monoisotopic (exact) mass is 433 g/mol. The molecule has 1 aromatic heterocycles. The number of likely N-dealkylation sites (N-methyl/N-ethyl adjacent to an activating group) is 1. The van der Waals surface area contributed by atoms with E-state index in [4.69, 9.17) is 14.5 Å². The number of urea groups is 1. The first-order valence-corrected chi connectivity index (χ1v) is 10.6. The number of aromatic nitrogens is 2. The number of hydrogen-bond acceptors (Lipinski definition) is 7. The molecule has 0 saturated carbocycles. The van der Waals surface area contributed by atoms with Crippen LogP contribution in [0, 0.1) is 13.8 Å². The second-order valence-corrected chi connectivity index (χ2v) is 7.89. The maximum Gasteiger partial charge on any atom is 0.402 e. The molecule has 3 aliphatic heterocycles. The largest absolute Gasteiger partial charge is 0.465 e. The van der Waals surface area contributed by atoms with E-state index in [0.29, 0.717) is 11.8 Å². The molecule has 0 N–H and O–H groups in total. The van der Waals surface area contributed by atoms with Crippen LogP contribution in [0.5, 0.6) is 0 Å². The van der Waals surface area contributed by atoms with E-state index in [1.165, 1.54) is 4.90 Å². The number of hydrogen-bond donors (Lipinski definition) is 0. The molecule has 2 fully saturated rings. The van der Waals surface area contributed by atoms with Crippen LogP contribution in [0.25, 0.3) is 0 Å². The summed E-state index contributed by atoms with van der Waals surface area (Å²) in [6, 6.07) is -1.34. The van der Waals surface area contributed by atoms with Crippen LogP contribution in [0.3, 0.4) is 0 Å². The molecule has 2 saturated heterocycles. The highest BCUT2D eigenvalue weighted by Crippen LogP contribution is 2.35. The van der Waals surface area contributed by atoms with Crippen LogP contribution in [0.15, 0.2) is 4.99 Å². The average molecular weight is 433 g/mol. The Hall–Kier alpha value is -2.79. The third-order valence-corrected chi connectivity index (χ3v) is 6.16. The number of carbonyl (C=O) groups is 3. The third-order valence-electron chi connectivity index (χ3n) is 6.16. The van der Waals surface area contributed by atoms with Crippen molar-refractivity contribution in [1.82, 2.24) is 19.3 Å². The number of amides is 3. The van der Waals surface area contributed by atoms with Gasteiger partial charge in [0.2, 0.25) is 11.9 Å². The van der Waals surface area contributed by atoms with Crippen molar-refractivity contribution in [2.24, 2.45) is 4.99 Å². The Bertz CT molecular complexity index is 948. The van der Waals surface area contributed by atoms with Gasteiger partial charge in [0.05, 0.1) is 26.4 Å². The van der Waals surface area contributed by atoms with E-state index in [9.17, 15) is 14.4 Å². The van der Waals surface area contributed by atoms with Gasteiger partial charge < -0.3 is 9.47 Å². The molecule has 3 aliphatic rings. The van der Waals surface area contributed by atoms with Gasteiger partial charge in [-0.3, -0.25) is 19.4 Å². The van der Waals surface area contributed by atoms with E-state index in [-0.39, 0.29) is 6.61 Å². The van der Waals surface area contributed by atoms with Crippen molar-refractivity contribution in [2.45, 2.75) is 33.4 Å². The van der Waals surface area contributed by atoms with E-state index in [0.717, 1.165) is 55.7 Å². The van der Waals surface area contributed by atoms with Crippen LogP contribution in [0.4, 0.5) is 10.7 Å². The second-order valence-electron chi connectivity index (χ2n) is 7.89. The summed E-state index contributed by atoms with van der Waals surface area (Å²) in [6.07, 6.45) is 0. The van der Waals surface area contributed by atoms with Crippen LogP contribution in [0.2, 0.25) is 0 Å². The molecule has 4 heterocycles. The van der Waals surface area contributed by atoms with Crippen LogP contribution in [0.1, 0.15) is 24.4 Å². The molecule has 0 aliphatic carbocycles. The minimum Gasteiger partial charge on any atom is -0.465 e. The molecule has 1 atom stereocenters. The van der Waals surface area contributed by atoms with Crippen molar-refractivity contribution in [2.75, 3.05) is 53.0 Å². The van der Waals surface area contributed by atoms with E-state index < -0.39 is 30.5 Å². The quantitative estimate of drug-likeness (QED) is 0.454. The lowest BCUT2D eigenvalue weighted by molar-refractivity contribution is -0.688. The van der Waals surface area contributed by atoms with Gasteiger partial charge in [-0.25, -0.2) is 18.8 Å². The standard InChI is InChI=1S/C20H29N6O5/c1-5-31-15(27)12-25-18(28)16-17(22(4)20(25)29)21-19-24(13(2)14(3)26(16)19)7-6-23-8-10-30-11-9-23/h16H,5-12H2,1-4H3/q+1. The molecular formula is C20H29N6O5+. The van der Waals surface area contributed by atoms with Crippen LogP contribution >= 0.6 is 0 Å². The number of aliphatic imine (C=N–C) groups is 1. The number of amidine groups is 1. The molecule has 11 nitrogen and oxygen atoms in total. The Kier molecular flexibility index (Phi) is 5.80. The SMILES string of the molecule is CCOC(=O)CN1C(=O)C2C(=Nc3n2c(C)c(C)[n+]3CCN2CCOCC2)N(C)C1=O. The summed E-state index contributed by atoms with van der Waals surface area (Å²) in [4.78, 5) is 47.3. The first-order chi connectivity index (χ1) is 14.8. The van der Waals surface area contributed by atoms with Crippen molar-refractivity contribution in [1.29, 1.82) is 0 Å². The number of imidazole rings is 1. The Labute approximate surface area is 180 Å². The Morgan fingerprint density at radius 3 is 2.65 bits per heavy atom. The Morgan fingerprint density at radius 1 is 1.26 bits per heavy atom. The van der Waals surface area contributed by atoms with Gasteiger partial charge >= 0.3 is 17.9 Å². The summed E-state index contributed by atoms with van der Waals surface area (Å²) in [5.41, 5.74) is 1.93. The van der Waals surface area contributed by atoms with Crippen molar-refractivity contribution in [3.05, 3.63) is 11.4 Å². The lowest BCUT2D eigenvalue weighted by atomic mass is 10.1. The molecule has 3 amide bonds. The lowest BCUT2D eigenvalue weighted by Crippen LogP contribution is -2.58. The van der Waals surface area contributed by atoms with Crippen molar-refractivity contribution < 1.29 is 28.4 Å². The zero-order valence-electron chi connectivity index (χ0n) is 18.5. The molecule has 0 spiro atoms. The zero-order valence-corrected chi connectivity index (χ0v) is 18.5. The van der Waals surface area contributed by atoms with Crippen molar-refractivity contribution in [3.8, 4) is 0 Å². The molecule has 4 rings (SSSR count). The fourth-order valence-electron chi connectivity index (χ4n) is 4.32. The molecule has 0 aromatic carbocycles. The van der Waals surface area contributed by atoms with Crippen LogP contribution in [-0.4, -0.2) is 96.1 Å². The Morgan fingerprint density at radius 2 is 1.97 bits per heavy atom. The summed E-state index contributed by atoms with van der Waals surface area (Å²) in [6.45, 7) is 10.2. The normalized spacial score (nSPS) is 21.3. The zero-order chi connectivity index (χ0) is 22.3. The number of morpholine rings is 1. The van der Waals surface area contributed by atoms with E-state index in [1.807, 2.05) is 18.4 Å². The molecule has 11 heteroatoms. The van der Waals surface area contributed by atoms with E-state index >= 15 is 0 Å².